The predicted octanol–water partition coefficient (Wildman–Crippen LogP) is 5.19. The van der Waals surface area contributed by atoms with Gasteiger partial charge in [-0.3, -0.25) is 4.90 Å². The number of hydrogen-bond donors (Lipinski definition) is 1. The van der Waals surface area contributed by atoms with E-state index in [4.69, 9.17) is 4.74 Å². The molecule has 182 valence electrons. The molecule has 34 heavy (non-hydrogen) atoms. The fraction of sp³-hybridized carbons (Fsp3) is 0.552. The highest BCUT2D eigenvalue weighted by molar-refractivity contribution is 5.74. The van der Waals surface area contributed by atoms with E-state index in [9.17, 15) is 4.79 Å². The van der Waals surface area contributed by atoms with Crippen molar-refractivity contribution in [3.8, 4) is 11.1 Å². The minimum absolute atomic E-state index is 0.137. The van der Waals surface area contributed by atoms with Gasteiger partial charge in [0.25, 0.3) is 0 Å². The number of methoxy groups -OCH3 is 1. The summed E-state index contributed by atoms with van der Waals surface area (Å²) >= 11 is 0. The normalized spacial score (nSPS) is 25.8. The van der Waals surface area contributed by atoms with Gasteiger partial charge in [0.2, 0.25) is 0 Å². The van der Waals surface area contributed by atoms with Gasteiger partial charge in [0.15, 0.2) is 0 Å². The molecule has 0 unspecified atom stereocenters. The fourth-order valence-electron chi connectivity index (χ4n) is 6.39. The Hall–Kier alpha value is -2.37. The Morgan fingerprint density at radius 3 is 2.47 bits per heavy atom. The van der Waals surface area contributed by atoms with Crippen LogP contribution in [0.1, 0.15) is 55.6 Å². The molecule has 1 N–H and O–H groups in total. The van der Waals surface area contributed by atoms with Crippen LogP contribution in [0.25, 0.3) is 11.1 Å². The summed E-state index contributed by atoms with van der Waals surface area (Å²) in [5, 5.41) is 3.32. The minimum atomic E-state index is 0.137. The molecule has 2 heterocycles. The van der Waals surface area contributed by atoms with E-state index in [-0.39, 0.29) is 6.03 Å². The van der Waals surface area contributed by atoms with Crippen molar-refractivity contribution >= 4 is 6.03 Å². The SMILES string of the molecule is COC[C@@H]1[C@H](c2ccc(-c3ccccc3C)cc2)[C@H]2CN(C(=O)NC3CCCC3)CCCCN12. The predicted molar refractivity (Wildman–Crippen MR) is 137 cm³/mol. The summed E-state index contributed by atoms with van der Waals surface area (Å²) < 4.78 is 5.66. The molecule has 0 radical (unpaired) electrons. The van der Waals surface area contributed by atoms with Crippen molar-refractivity contribution in [2.75, 3.05) is 33.4 Å². The second kappa shape index (κ2) is 10.5. The molecule has 1 saturated carbocycles. The molecule has 0 spiro atoms. The van der Waals surface area contributed by atoms with Crippen molar-refractivity contribution in [3.63, 3.8) is 0 Å². The highest BCUT2D eigenvalue weighted by atomic mass is 16.5. The number of nitrogens with one attached hydrogen (secondary N) is 1. The Bertz CT molecular complexity index is 970. The van der Waals surface area contributed by atoms with E-state index >= 15 is 0 Å². The van der Waals surface area contributed by atoms with Gasteiger partial charge in [0.05, 0.1) is 6.61 Å². The molecule has 2 aromatic rings. The van der Waals surface area contributed by atoms with E-state index in [1.807, 2.05) is 0 Å². The zero-order chi connectivity index (χ0) is 23.5. The third-order valence-electron chi connectivity index (χ3n) is 8.24. The number of carbonyl (C=O) groups is 1. The number of aryl methyl sites for hydroxylation is 1. The maximum atomic E-state index is 13.2. The maximum absolute atomic E-state index is 13.2. The van der Waals surface area contributed by atoms with Crippen molar-refractivity contribution in [2.45, 2.75) is 69.5 Å². The molecule has 2 aliphatic heterocycles. The second-order valence-corrected chi connectivity index (χ2v) is 10.4. The van der Waals surface area contributed by atoms with Crippen molar-refractivity contribution in [1.82, 2.24) is 15.1 Å². The van der Waals surface area contributed by atoms with Crippen LogP contribution < -0.4 is 5.32 Å². The van der Waals surface area contributed by atoms with Crippen molar-refractivity contribution in [1.29, 1.82) is 0 Å². The van der Waals surface area contributed by atoms with E-state index in [1.165, 1.54) is 35.1 Å². The van der Waals surface area contributed by atoms with E-state index in [0.29, 0.717) is 24.0 Å². The van der Waals surface area contributed by atoms with Gasteiger partial charge in [-0.15, -0.1) is 0 Å². The van der Waals surface area contributed by atoms with E-state index in [1.54, 1.807) is 7.11 Å². The van der Waals surface area contributed by atoms with Crippen LogP contribution in [0.15, 0.2) is 48.5 Å². The lowest BCUT2D eigenvalue weighted by Gasteiger charge is -2.57. The summed E-state index contributed by atoms with van der Waals surface area (Å²) in [5.41, 5.74) is 5.21. The molecule has 5 rings (SSSR count). The Morgan fingerprint density at radius 2 is 1.74 bits per heavy atom. The zero-order valence-electron chi connectivity index (χ0n) is 20.7. The van der Waals surface area contributed by atoms with Gasteiger partial charge in [-0.25, -0.2) is 4.79 Å². The fourth-order valence-corrected chi connectivity index (χ4v) is 6.39. The van der Waals surface area contributed by atoms with Crippen molar-refractivity contribution in [2.24, 2.45) is 0 Å². The number of ether oxygens (including phenoxy) is 1. The van der Waals surface area contributed by atoms with Gasteiger partial charge in [-0.2, -0.15) is 0 Å². The molecule has 2 amide bonds. The van der Waals surface area contributed by atoms with Crippen LogP contribution in [0.5, 0.6) is 0 Å². The van der Waals surface area contributed by atoms with Crippen LogP contribution in [0.2, 0.25) is 0 Å². The average molecular weight is 462 g/mol. The van der Waals surface area contributed by atoms with Gasteiger partial charge in [-0.05, 0) is 61.4 Å². The maximum Gasteiger partial charge on any atom is 0.317 e. The summed E-state index contributed by atoms with van der Waals surface area (Å²) in [6, 6.07) is 18.9. The molecule has 0 bridgehead atoms. The lowest BCUT2D eigenvalue weighted by Crippen LogP contribution is -2.68. The van der Waals surface area contributed by atoms with E-state index < -0.39 is 0 Å². The highest BCUT2D eigenvalue weighted by Gasteiger charge is 2.49. The lowest BCUT2D eigenvalue weighted by atomic mass is 9.74. The topological polar surface area (TPSA) is 44.8 Å². The largest absolute Gasteiger partial charge is 0.383 e. The minimum Gasteiger partial charge on any atom is -0.383 e. The van der Waals surface area contributed by atoms with Gasteiger partial charge in [0, 0.05) is 44.2 Å². The molecule has 5 heteroatoms. The number of rotatable bonds is 5. The molecule has 2 saturated heterocycles. The number of carbonyl (C=O) groups excluding carboxylic acids is 1. The molecule has 2 aromatic carbocycles. The molecule has 0 aromatic heterocycles. The highest BCUT2D eigenvalue weighted by Crippen LogP contribution is 2.42. The average Bonchev–Trinajstić information content (AvgIpc) is 3.34. The van der Waals surface area contributed by atoms with E-state index in [2.05, 4.69) is 70.6 Å². The smallest absolute Gasteiger partial charge is 0.317 e. The van der Waals surface area contributed by atoms with Crippen molar-refractivity contribution in [3.05, 3.63) is 59.7 Å². The Kier molecular flexibility index (Phi) is 7.21. The van der Waals surface area contributed by atoms with Gasteiger partial charge >= 0.3 is 6.03 Å². The van der Waals surface area contributed by atoms with Crippen LogP contribution >= 0.6 is 0 Å². The first kappa shape index (κ1) is 23.4. The van der Waals surface area contributed by atoms with Gasteiger partial charge in [0.1, 0.15) is 0 Å². The van der Waals surface area contributed by atoms with Crippen molar-refractivity contribution < 1.29 is 9.53 Å². The first-order chi connectivity index (χ1) is 16.7. The zero-order valence-corrected chi connectivity index (χ0v) is 20.7. The number of nitrogens with zero attached hydrogens (tertiary/aromatic N) is 2. The first-order valence-electron chi connectivity index (χ1n) is 13.1. The number of benzene rings is 2. The molecule has 1 aliphatic carbocycles. The van der Waals surface area contributed by atoms with Crippen LogP contribution in [0, 0.1) is 6.92 Å². The Labute approximate surface area is 204 Å². The number of hydrogen-bond acceptors (Lipinski definition) is 3. The Balaban J connectivity index is 1.35. The number of amides is 2. The van der Waals surface area contributed by atoms with Crippen LogP contribution in [0.3, 0.4) is 0 Å². The molecular weight excluding hydrogens is 422 g/mol. The summed E-state index contributed by atoms with van der Waals surface area (Å²) in [6.07, 6.45) is 6.92. The molecule has 3 atom stereocenters. The summed E-state index contributed by atoms with van der Waals surface area (Å²) in [6.45, 7) is 5.64. The number of fused-ring (bicyclic) bond motifs is 1. The van der Waals surface area contributed by atoms with Crippen LogP contribution in [-0.4, -0.2) is 67.3 Å². The first-order valence-corrected chi connectivity index (χ1v) is 13.1. The van der Waals surface area contributed by atoms with Gasteiger partial charge < -0.3 is 15.0 Å². The quantitative estimate of drug-likeness (QED) is 0.666. The van der Waals surface area contributed by atoms with Gasteiger partial charge in [-0.1, -0.05) is 61.4 Å². The summed E-state index contributed by atoms with van der Waals surface area (Å²) in [7, 11) is 1.80. The van der Waals surface area contributed by atoms with Crippen LogP contribution in [0.4, 0.5) is 4.79 Å². The van der Waals surface area contributed by atoms with Crippen LogP contribution in [-0.2, 0) is 4.74 Å². The molecular formula is C29H39N3O2. The lowest BCUT2D eigenvalue weighted by molar-refractivity contribution is -0.0668. The third kappa shape index (κ3) is 4.73. The molecule has 3 fully saturated rings. The third-order valence-corrected chi connectivity index (χ3v) is 8.24. The molecule has 5 nitrogen and oxygen atoms in total. The monoisotopic (exact) mass is 461 g/mol. The van der Waals surface area contributed by atoms with E-state index in [0.717, 1.165) is 51.9 Å². The standard InChI is InChI=1S/C29H39N3O2/c1-21-9-3-6-12-25(21)22-13-15-23(16-14-22)28-26-19-31(29(33)30-24-10-4-5-11-24)17-7-8-18-32(26)27(28)20-34-2/h3,6,9,12-16,24,26-28H,4-5,7-8,10-11,17-20H2,1-2H3,(H,30,33)/t26-,27-,28-/m1/s1. The summed E-state index contributed by atoms with van der Waals surface area (Å²) in [5.74, 6) is 0.380. The molecule has 3 aliphatic rings. The summed E-state index contributed by atoms with van der Waals surface area (Å²) in [4.78, 5) is 17.8. The number of urea groups is 1. The second-order valence-electron chi connectivity index (χ2n) is 10.4. The Morgan fingerprint density at radius 1 is 1.00 bits per heavy atom.